The van der Waals surface area contributed by atoms with Crippen LogP contribution in [0.3, 0.4) is 0 Å². The van der Waals surface area contributed by atoms with E-state index in [1.165, 1.54) is 15.6 Å². The van der Waals surface area contributed by atoms with Crippen LogP contribution >= 0.6 is 11.3 Å². The van der Waals surface area contributed by atoms with Crippen molar-refractivity contribution < 1.29 is 4.79 Å². The maximum atomic E-state index is 11.4. The third kappa shape index (κ3) is 2.09. The Kier molecular flexibility index (Phi) is 3.25. The second-order valence-corrected chi connectivity index (χ2v) is 4.70. The first-order chi connectivity index (χ1) is 7.72. The highest BCUT2D eigenvalue weighted by atomic mass is 32.1. The van der Waals surface area contributed by atoms with Crippen LogP contribution < -0.4 is 0 Å². The molecule has 0 atom stereocenters. The molecule has 0 bridgehead atoms. The minimum atomic E-state index is 0.137. The Bertz CT molecular complexity index is 503. The van der Waals surface area contributed by atoms with Gasteiger partial charge in [0.05, 0.1) is 0 Å². The van der Waals surface area contributed by atoms with Crippen molar-refractivity contribution in [3.63, 3.8) is 0 Å². The van der Waals surface area contributed by atoms with E-state index >= 15 is 0 Å². The summed E-state index contributed by atoms with van der Waals surface area (Å²) in [7, 11) is 0. The van der Waals surface area contributed by atoms with Gasteiger partial charge >= 0.3 is 0 Å². The number of hydrogen-bond donors (Lipinski definition) is 0. The minimum Gasteiger partial charge on any atom is -0.339 e. The van der Waals surface area contributed by atoms with E-state index in [0.717, 1.165) is 13.1 Å². The third-order valence-electron chi connectivity index (χ3n) is 2.75. The molecule has 2 rings (SSSR count). The number of amides is 1. The number of hydrogen-bond acceptors (Lipinski definition) is 2. The van der Waals surface area contributed by atoms with Crippen LogP contribution in [0.25, 0.3) is 10.1 Å². The van der Waals surface area contributed by atoms with Crippen molar-refractivity contribution >= 4 is 27.3 Å². The van der Waals surface area contributed by atoms with E-state index in [9.17, 15) is 4.79 Å². The predicted octanol–water partition coefficient (Wildman–Crippen LogP) is 3.27. The molecule has 0 saturated heterocycles. The predicted molar refractivity (Wildman–Crippen MR) is 68.6 cm³/mol. The molecule has 0 N–H and O–H groups in total. The summed E-state index contributed by atoms with van der Waals surface area (Å²) in [6, 6.07) is 8.33. The van der Waals surface area contributed by atoms with Gasteiger partial charge in [0.2, 0.25) is 5.91 Å². The second kappa shape index (κ2) is 4.66. The van der Waals surface area contributed by atoms with Gasteiger partial charge in [-0.15, -0.1) is 11.3 Å². The highest BCUT2D eigenvalue weighted by molar-refractivity contribution is 7.17. The van der Waals surface area contributed by atoms with Crippen molar-refractivity contribution in [1.82, 2.24) is 4.90 Å². The van der Waals surface area contributed by atoms with Crippen LogP contribution in [0.4, 0.5) is 0 Å². The van der Waals surface area contributed by atoms with Gasteiger partial charge in [0, 0.05) is 24.7 Å². The molecule has 1 amide bonds. The van der Waals surface area contributed by atoms with Gasteiger partial charge in [0.15, 0.2) is 0 Å². The molecule has 84 valence electrons. The Labute approximate surface area is 99.5 Å². The summed E-state index contributed by atoms with van der Waals surface area (Å²) in [5.74, 6) is 0.137. The van der Waals surface area contributed by atoms with Crippen molar-refractivity contribution in [3.8, 4) is 0 Å². The zero-order chi connectivity index (χ0) is 11.5. The van der Waals surface area contributed by atoms with Gasteiger partial charge < -0.3 is 4.90 Å². The van der Waals surface area contributed by atoms with Crippen LogP contribution in [0.15, 0.2) is 29.6 Å². The quantitative estimate of drug-likeness (QED) is 0.796. The van der Waals surface area contributed by atoms with E-state index in [4.69, 9.17) is 0 Å². The lowest BCUT2D eigenvalue weighted by Gasteiger charge is -2.18. The Hall–Kier alpha value is -1.35. The van der Waals surface area contributed by atoms with Crippen molar-refractivity contribution in [1.29, 1.82) is 0 Å². The summed E-state index contributed by atoms with van der Waals surface area (Å²) in [6.45, 7) is 5.11. The normalized spacial score (nSPS) is 10.6. The fourth-order valence-corrected chi connectivity index (χ4v) is 2.76. The third-order valence-corrected chi connectivity index (χ3v) is 3.76. The fourth-order valence-electron chi connectivity index (χ4n) is 1.81. The Morgan fingerprint density at radius 3 is 2.81 bits per heavy atom. The molecule has 2 nitrogen and oxygen atoms in total. The molecule has 0 saturated carbocycles. The lowest BCUT2D eigenvalue weighted by molar-refractivity contribution is -0.129. The number of nitrogens with zero attached hydrogens (tertiary/aromatic N) is 1. The zero-order valence-electron chi connectivity index (χ0n) is 9.56. The molecule has 0 unspecified atom stereocenters. The summed E-state index contributed by atoms with van der Waals surface area (Å²) in [6.07, 6.45) is 0. The number of carbonyl (C=O) groups is 1. The molecule has 16 heavy (non-hydrogen) atoms. The van der Waals surface area contributed by atoms with Gasteiger partial charge in [-0.2, -0.15) is 0 Å². The highest BCUT2D eigenvalue weighted by Gasteiger charge is 2.10. The molecule has 2 aromatic rings. The molecular formula is C13H15NOS. The topological polar surface area (TPSA) is 20.3 Å². The molecular weight excluding hydrogens is 218 g/mol. The van der Waals surface area contributed by atoms with Crippen LogP contribution in [0, 0.1) is 0 Å². The number of benzene rings is 1. The zero-order valence-corrected chi connectivity index (χ0v) is 10.4. The monoisotopic (exact) mass is 233 g/mol. The largest absolute Gasteiger partial charge is 0.339 e. The standard InChI is InChI=1S/C13H15NOS/c1-3-14(10(2)15)8-11-9-16-13-7-5-4-6-12(11)13/h4-7,9H,3,8H2,1-2H3. The maximum Gasteiger partial charge on any atom is 0.219 e. The van der Waals surface area contributed by atoms with E-state index < -0.39 is 0 Å². The van der Waals surface area contributed by atoms with Crippen LogP contribution in [0.5, 0.6) is 0 Å². The minimum absolute atomic E-state index is 0.137. The summed E-state index contributed by atoms with van der Waals surface area (Å²) in [4.78, 5) is 13.2. The molecule has 1 heterocycles. The number of fused-ring (bicyclic) bond motifs is 1. The highest BCUT2D eigenvalue weighted by Crippen LogP contribution is 2.26. The molecule has 0 aliphatic heterocycles. The Morgan fingerprint density at radius 2 is 2.12 bits per heavy atom. The first kappa shape index (κ1) is 11.1. The van der Waals surface area contributed by atoms with E-state index in [-0.39, 0.29) is 5.91 Å². The number of rotatable bonds is 3. The SMILES string of the molecule is CCN(Cc1csc2ccccc12)C(C)=O. The average molecular weight is 233 g/mol. The van der Waals surface area contributed by atoms with Gasteiger partial charge in [-0.3, -0.25) is 4.79 Å². The van der Waals surface area contributed by atoms with Crippen molar-refractivity contribution in [2.45, 2.75) is 20.4 Å². The van der Waals surface area contributed by atoms with Gasteiger partial charge in [0.25, 0.3) is 0 Å². The number of carbonyl (C=O) groups excluding carboxylic acids is 1. The van der Waals surface area contributed by atoms with Crippen LogP contribution in [-0.4, -0.2) is 17.4 Å². The van der Waals surface area contributed by atoms with Gasteiger partial charge in [-0.1, -0.05) is 18.2 Å². The molecule has 0 aliphatic rings. The van der Waals surface area contributed by atoms with Crippen LogP contribution in [0.1, 0.15) is 19.4 Å². The lowest BCUT2D eigenvalue weighted by Crippen LogP contribution is -2.27. The van der Waals surface area contributed by atoms with Crippen LogP contribution in [-0.2, 0) is 11.3 Å². The smallest absolute Gasteiger partial charge is 0.219 e. The lowest BCUT2D eigenvalue weighted by atomic mass is 10.1. The van der Waals surface area contributed by atoms with Crippen molar-refractivity contribution in [2.75, 3.05) is 6.54 Å². The van der Waals surface area contributed by atoms with Gasteiger partial charge in [-0.25, -0.2) is 0 Å². The van der Waals surface area contributed by atoms with Gasteiger partial charge in [0.1, 0.15) is 0 Å². The molecule has 0 aliphatic carbocycles. The second-order valence-electron chi connectivity index (χ2n) is 3.79. The average Bonchev–Trinajstić information content (AvgIpc) is 2.69. The molecule has 3 heteroatoms. The van der Waals surface area contributed by atoms with Crippen molar-refractivity contribution in [2.24, 2.45) is 0 Å². The van der Waals surface area contributed by atoms with Gasteiger partial charge in [-0.05, 0) is 29.3 Å². The van der Waals surface area contributed by atoms with E-state index in [2.05, 4.69) is 17.5 Å². The number of thiophene rings is 1. The Morgan fingerprint density at radius 1 is 1.38 bits per heavy atom. The summed E-state index contributed by atoms with van der Waals surface area (Å²) in [5, 5.41) is 3.42. The summed E-state index contributed by atoms with van der Waals surface area (Å²) >= 11 is 1.74. The molecule has 0 radical (unpaired) electrons. The first-order valence-electron chi connectivity index (χ1n) is 5.43. The van der Waals surface area contributed by atoms with E-state index in [1.54, 1.807) is 18.3 Å². The summed E-state index contributed by atoms with van der Waals surface area (Å²) < 4.78 is 1.29. The van der Waals surface area contributed by atoms with E-state index in [0.29, 0.717) is 0 Å². The molecule has 0 spiro atoms. The fraction of sp³-hybridized carbons (Fsp3) is 0.308. The molecule has 1 aromatic heterocycles. The van der Waals surface area contributed by atoms with E-state index in [1.807, 2.05) is 24.0 Å². The first-order valence-corrected chi connectivity index (χ1v) is 6.31. The summed E-state index contributed by atoms with van der Waals surface area (Å²) in [5.41, 5.74) is 1.25. The van der Waals surface area contributed by atoms with Crippen molar-refractivity contribution in [3.05, 3.63) is 35.2 Å². The molecule has 0 fully saturated rings. The maximum absolute atomic E-state index is 11.4. The Balaban J connectivity index is 2.30. The van der Waals surface area contributed by atoms with Crippen LogP contribution in [0.2, 0.25) is 0 Å². The molecule has 1 aromatic carbocycles.